The molecule has 0 fully saturated rings. The molecule has 11 heteroatoms. The van der Waals surface area contributed by atoms with Gasteiger partial charge < -0.3 is 0 Å². The fourth-order valence-electron chi connectivity index (χ4n) is 2.00. The minimum Gasteiger partial charge on any atom is -0.272 e. The summed E-state index contributed by atoms with van der Waals surface area (Å²) in [4.78, 5) is 11.8. The molecule has 0 aliphatic heterocycles. The average molecular weight is 410 g/mol. The number of sulfonamides is 1. The molecule has 0 aliphatic rings. The maximum Gasteiger partial charge on any atom is 0.255 e. The van der Waals surface area contributed by atoms with Gasteiger partial charge in [0.15, 0.2) is 0 Å². The van der Waals surface area contributed by atoms with E-state index >= 15 is 0 Å². The van der Waals surface area contributed by atoms with E-state index in [0.717, 1.165) is 17.3 Å². The molecule has 0 saturated carbocycles. The number of hydrazone groups is 1. The summed E-state index contributed by atoms with van der Waals surface area (Å²) in [6.45, 7) is -0.464. The molecule has 26 heavy (non-hydrogen) atoms. The molecule has 2 N–H and O–H groups in total. The SMILES string of the molecule is O=C(CNS(=O)(=O)c1cccc2nsnc12)N/N=C/c1ccc(Cl)cc1. The number of hydrogen-bond acceptors (Lipinski definition) is 7. The zero-order valence-corrected chi connectivity index (χ0v) is 15.5. The summed E-state index contributed by atoms with van der Waals surface area (Å²) >= 11 is 6.69. The molecule has 0 bridgehead atoms. The maximum absolute atomic E-state index is 12.4. The lowest BCUT2D eigenvalue weighted by Crippen LogP contribution is -2.35. The molecule has 0 spiro atoms. The van der Waals surface area contributed by atoms with Crippen LogP contribution in [0.25, 0.3) is 11.0 Å². The lowest BCUT2D eigenvalue weighted by Gasteiger charge is -2.06. The van der Waals surface area contributed by atoms with Crippen LogP contribution in [0.2, 0.25) is 5.02 Å². The van der Waals surface area contributed by atoms with Crippen LogP contribution < -0.4 is 10.1 Å². The highest BCUT2D eigenvalue weighted by Gasteiger charge is 2.20. The number of rotatable bonds is 6. The van der Waals surface area contributed by atoms with Gasteiger partial charge in [0.2, 0.25) is 10.0 Å². The lowest BCUT2D eigenvalue weighted by atomic mass is 10.2. The Balaban J connectivity index is 1.60. The monoisotopic (exact) mass is 409 g/mol. The summed E-state index contributed by atoms with van der Waals surface area (Å²) in [6.07, 6.45) is 1.42. The first-order valence-corrected chi connectivity index (χ1v) is 9.83. The average Bonchev–Trinajstić information content (AvgIpc) is 3.10. The highest BCUT2D eigenvalue weighted by atomic mass is 35.5. The van der Waals surface area contributed by atoms with Crippen molar-refractivity contribution in [3.8, 4) is 0 Å². The van der Waals surface area contributed by atoms with Crippen LogP contribution in [0.1, 0.15) is 5.56 Å². The Kier molecular flexibility index (Phi) is 5.57. The van der Waals surface area contributed by atoms with Crippen LogP contribution in [0.3, 0.4) is 0 Å². The molecule has 2 aromatic carbocycles. The van der Waals surface area contributed by atoms with E-state index in [2.05, 4.69) is 24.0 Å². The second kappa shape index (κ2) is 7.87. The van der Waals surface area contributed by atoms with Gasteiger partial charge in [0.05, 0.1) is 24.5 Å². The van der Waals surface area contributed by atoms with Crippen molar-refractivity contribution in [2.24, 2.45) is 5.10 Å². The number of benzene rings is 2. The third-order valence-corrected chi connectivity index (χ3v) is 5.46. The number of halogens is 1. The van der Waals surface area contributed by atoms with E-state index in [1.54, 1.807) is 36.4 Å². The minimum atomic E-state index is -3.91. The minimum absolute atomic E-state index is 0.0267. The summed E-state index contributed by atoms with van der Waals surface area (Å²) in [7, 11) is -3.91. The molecule has 8 nitrogen and oxygen atoms in total. The third kappa shape index (κ3) is 4.41. The van der Waals surface area contributed by atoms with Crippen molar-refractivity contribution >= 4 is 56.5 Å². The van der Waals surface area contributed by atoms with E-state index in [1.807, 2.05) is 0 Å². The molecule has 3 aromatic rings. The van der Waals surface area contributed by atoms with Crippen LogP contribution >= 0.6 is 23.3 Å². The molecule has 1 aromatic heterocycles. The number of nitrogens with one attached hydrogen (secondary N) is 2. The van der Waals surface area contributed by atoms with Gasteiger partial charge in [0, 0.05) is 5.02 Å². The van der Waals surface area contributed by atoms with Gasteiger partial charge in [-0.2, -0.15) is 13.8 Å². The van der Waals surface area contributed by atoms with Crippen molar-refractivity contribution < 1.29 is 13.2 Å². The predicted molar refractivity (Wildman–Crippen MR) is 99.8 cm³/mol. The molecule has 0 unspecified atom stereocenters. The molecule has 3 rings (SSSR count). The number of carbonyl (C=O) groups excluding carboxylic acids is 1. The Labute approximate surface area is 158 Å². The molecule has 0 aliphatic carbocycles. The van der Waals surface area contributed by atoms with Crippen LogP contribution in [-0.4, -0.2) is 35.8 Å². The zero-order valence-electron chi connectivity index (χ0n) is 13.1. The van der Waals surface area contributed by atoms with E-state index in [4.69, 9.17) is 11.6 Å². The Bertz CT molecular complexity index is 1060. The zero-order chi connectivity index (χ0) is 18.6. The molecular formula is C15H12ClN5O3S2. The first-order valence-electron chi connectivity index (χ1n) is 7.24. The number of carbonyl (C=O) groups is 1. The summed E-state index contributed by atoms with van der Waals surface area (Å²) < 4.78 is 34.9. The Morgan fingerprint density at radius 3 is 2.73 bits per heavy atom. The summed E-state index contributed by atoms with van der Waals surface area (Å²) in [5.41, 5.74) is 3.73. The van der Waals surface area contributed by atoms with Gasteiger partial charge >= 0.3 is 0 Å². The van der Waals surface area contributed by atoms with Gasteiger partial charge in [-0.25, -0.2) is 18.6 Å². The van der Waals surface area contributed by atoms with Crippen molar-refractivity contribution in [3.05, 3.63) is 53.1 Å². The normalized spacial score (nSPS) is 11.9. The van der Waals surface area contributed by atoms with Crippen molar-refractivity contribution in [3.63, 3.8) is 0 Å². The molecule has 0 atom stereocenters. The van der Waals surface area contributed by atoms with E-state index in [9.17, 15) is 13.2 Å². The van der Waals surface area contributed by atoms with Crippen LogP contribution in [0.4, 0.5) is 0 Å². The molecule has 1 heterocycles. The fraction of sp³-hybridized carbons (Fsp3) is 0.0667. The number of aromatic nitrogens is 2. The number of fused-ring (bicyclic) bond motifs is 1. The highest BCUT2D eigenvalue weighted by molar-refractivity contribution is 7.89. The van der Waals surface area contributed by atoms with E-state index < -0.39 is 22.5 Å². The molecule has 134 valence electrons. The second-order valence-corrected chi connectivity index (χ2v) is 7.76. The molecular weight excluding hydrogens is 398 g/mol. The van der Waals surface area contributed by atoms with Gasteiger partial charge in [0.25, 0.3) is 5.91 Å². The van der Waals surface area contributed by atoms with Gasteiger partial charge in [-0.1, -0.05) is 29.8 Å². The number of amides is 1. The largest absolute Gasteiger partial charge is 0.272 e. The predicted octanol–water partition coefficient (Wildman–Crippen LogP) is 1.77. The van der Waals surface area contributed by atoms with Crippen LogP contribution in [-0.2, 0) is 14.8 Å². The molecule has 1 amide bonds. The summed E-state index contributed by atoms with van der Waals surface area (Å²) in [5.74, 6) is -0.609. The van der Waals surface area contributed by atoms with Crippen LogP contribution in [0.5, 0.6) is 0 Å². The van der Waals surface area contributed by atoms with Gasteiger partial charge in [-0.3, -0.25) is 4.79 Å². The van der Waals surface area contributed by atoms with Crippen molar-refractivity contribution in [1.29, 1.82) is 0 Å². The third-order valence-electron chi connectivity index (χ3n) is 3.23. The van der Waals surface area contributed by atoms with Gasteiger partial charge in [-0.05, 0) is 29.8 Å². The second-order valence-electron chi connectivity index (χ2n) is 5.06. The quantitative estimate of drug-likeness (QED) is 0.475. The summed E-state index contributed by atoms with van der Waals surface area (Å²) in [6, 6.07) is 11.5. The van der Waals surface area contributed by atoms with Crippen molar-refractivity contribution in [2.75, 3.05) is 6.54 Å². The highest BCUT2D eigenvalue weighted by Crippen LogP contribution is 2.20. The smallest absolute Gasteiger partial charge is 0.255 e. The first-order chi connectivity index (χ1) is 12.5. The molecule has 0 radical (unpaired) electrons. The Morgan fingerprint density at radius 2 is 1.96 bits per heavy atom. The Morgan fingerprint density at radius 1 is 1.19 bits per heavy atom. The number of nitrogens with zero attached hydrogens (tertiary/aromatic N) is 3. The van der Waals surface area contributed by atoms with Gasteiger partial charge in [0.1, 0.15) is 15.9 Å². The summed E-state index contributed by atoms with van der Waals surface area (Å²) in [5, 5.41) is 4.35. The van der Waals surface area contributed by atoms with Crippen LogP contribution in [0, 0.1) is 0 Å². The topological polar surface area (TPSA) is 113 Å². The van der Waals surface area contributed by atoms with E-state index in [-0.39, 0.29) is 10.4 Å². The van der Waals surface area contributed by atoms with Crippen molar-refractivity contribution in [2.45, 2.75) is 4.90 Å². The standard InChI is InChI=1S/C15H12ClN5O3S2/c16-11-6-4-10(5-7-11)8-17-19-14(22)9-18-26(23,24)13-3-1-2-12-15(13)21-25-20-12/h1-8,18H,9H2,(H,19,22)/b17-8+. The lowest BCUT2D eigenvalue weighted by molar-refractivity contribution is -0.119. The van der Waals surface area contributed by atoms with E-state index in [1.165, 1.54) is 12.3 Å². The maximum atomic E-state index is 12.4. The van der Waals surface area contributed by atoms with Crippen molar-refractivity contribution in [1.82, 2.24) is 18.9 Å². The first kappa shape index (κ1) is 18.4. The fourth-order valence-corrected chi connectivity index (χ4v) is 3.88. The Hall–Kier alpha value is -2.40. The van der Waals surface area contributed by atoms with Gasteiger partial charge in [-0.15, -0.1) is 0 Å². The number of hydrogen-bond donors (Lipinski definition) is 2. The van der Waals surface area contributed by atoms with Crippen LogP contribution in [0.15, 0.2) is 52.5 Å². The van der Waals surface area contributed by atoms with E-state index in [0.29, 0.717) is 10.5 Å². The molecule has 0 saturated heterocycles.